The summed E-state index contributed by atoms with van der Waals surface area (Å²) in [5.74, 6) is 0.884. The fourth-order valence-corrected chi connectivity index (χ4v) is 3.13. The van der Waals surface area contributed by atoms with Crippen LogP contribution in [0.4, 0.5) is 4.79 Å². The molecule has 1 aliphatic heterocycles. The number of morpholine rings is 1. The van der Waals surface area contributed by atoms with E-state index in [2.05, 4.69) is 0 Å². The quantitative estimate of drug-likeness (QED) is 0.797. The van der Waals surface area contributed by atoms with Crippen LogP contribution in [-0.2, 0) is 11.3 Å². The molecule has 0 bridgehead atoms. The Labute approximate surface area is 164 Å². The monoisotopic (exact) mass is 386 g/mol. The van der Waals surface area contributed by atoms with Gasteiger partial charge in [-0.25, -0.2) is 4.79 Å². The van der Waals surface area contributed by atoms with Crippen molar-refractivity contribution in [3.63, 3.8) is 0 Å². The highest BCUT2D eigenvalue weighted by Crippen LogP contribution is 2.21. The van der Waals surface area contributed by atoms with Crippen molar-refractivity contribution in [2.75, 3.05) is 40.0 Å². The topological polar surface area (TPSA) is 82.5 Å². The van der Waals surface area contributed by atoms with Crippen molar-refractivity contribution < 1.29 is 24.5 Å². The maximum atomic E-state index is 13.1. The van der Waals surface area contributed by atoms with Gasteiger partial charge in [0.2, 0.25) is 0 Å². The van der Waals surface area contributed by atoms with Gasteiger partial charge in [0, 0.05) is 19.6 Å². The molecular weight excluding hydrogens is 360 g/mol. The minimum absolute atomic E-state index is 0.135. The number of phenols is 1. The van der Waals surface area contributed by atoms with E-state index in [0.29, 0.717) is 44.2 Å². The van der Waals surface area contributed by atoms with Crippen LogP contribution >= 0.6 is 0 Å². The molecule has 1 atom stereocenters. The number of ether oxygens (including phenoxy) is 2. The Bertz CT molecular complexity index is 757. The Hall–Kier alpha value is -2.77. The summed E-state index contributed by atoms with van der Waals surface area (Å²) in [6, 6.07) is 13.7. The van der Waals surface area contributed by atoms with Gasteiger partial charge < -0.3 is 29.5 Å². The first-order chi connectivity index (χ1) is 13.6. The smallest absolute Gasteiger partial charge is 0.320 e. The molecule has 0 spiro atoms. The second kappa shape index (κ2) is 9.43. The molecule has 2 N–H and O–H groups in total. The summed E-state index contributed by atoms with van der Waals surface area (Å²) in [5, 5.41) is 20.2. The molecule has 2 aromatic carbocycles. The number of aliphatic hydroxyl groups is 1. The number of hydrogen-bond donors (Lipinski definition) is 2. The molecule has 7 heteroatoms. The van der Waals surface area contributed by atoms with Gasteiger partial charge >= 0.3 is 6.03 Å². The molecular formula is C21H26N2O5. The lowest BCUT2D eigenvalue weighted by molar-refractivity contribution is 0.0364. The van der Waals surface area contributed by atoms with Gasteiger partial charge in [0.15, 0.2) is 0 Å². The molecule has 2 aromatic rings. The minimum atomic E-state index is -0.826. The summed E-state index contributed by atoms with van der Waals surface area (Å²) in [4.78, 5) is 16.4. The van der Waals surface area contributed by atoms with Crippen LogP contribution in [0.2, 0.25) is 0 Å². The van der Waals surface area contributed by atoms with Crippen LogP contribution in [-0.4, -0.2) is 66.0 Å². The first-order valence-electron chi connectivity index (χ1n) is 9.28. The average molecular weight is 386 g/mol. The highest BCUT2D eigenvalue weighted by molar-refractivity contribution is 5.74. The standard InChI is InChI=1S/C21H26N2O5/c1-27-19-8-4-17(5-9-19)20(25)15-23(14-16-2-6-18(24)7-3-16)21(26)22-10-12-28-13-11-22/h2-9,20,24-25H,10-15H2,1H3/t20-/m0/s1. The molecule has 0 aromatic heterocycles. The van der Waals surface area contributed by atoms with Crippen molar-refractivity contribution in [3.8, 4) is 11.5 Å². The van der Waals surface area contributed by atoms with Gasteiger partial charge in [-0.15, -0.1) is 0 Å². The Kier molecular flexibility index (Phi) is 6.73. The summed E-state index contributed by atoms with van der Waals surface area (Å²) in [6.07, 6.45) is -0.826. The molecule has 1 fully saturated rings. The fraction of sp³-hybridized carbons (Fsp3) is 0.381. The normalized spacial score (nSPS) is 15.1. The average Bonchev–Trinajstić information content (AvgIpc) is 2.75. The highest BCUT2D eigenvalue weighted by atomic mass is 16.5. The van der Waals surface area contributed by atoms with E-state index in [4.69, 9.17) is 9.47 Å². The highest BCUT2D eigenvalue weighted by Gasteiger charge is 2.25. The molecule has 1 saturated heterocycles. The molecule has 0 saturated carbocycles. The number of amides is 2. The predicted molar refractivity (Wildman–Crippen MR) is 104 cm³/mol. The van der Waals surface area contributed by atoms with Crippen molar-refractivity contribution in [1.29, 1.82) is 0 Å². The summed E-state index contributed by atoms with van der Waals surface area (Å²) in [6.45, 7) is 2.58. The van der Waals surface area contributed by atoms with Crippen molar-refractivity contribution in [2.24, 2.45) is 0 Å². The maximum absolute atomic E-state index is 13.1. The Morgan fingerprint density at radius 3 is 2.39 bits per heavy atom. The van der Waals surface area contributed by atoms with Gasteiger partial charge in [-0.3, -0.25) is 0 Å². The number of methoxy groups -OCH3 is 1. The molecule has 3 rings (SSSR count). The lowest BCUT2D eigenvalue weighted by atomic mass is 10.1. The number of benzene rings is 2. The van der Waals surface area contributed by atoms with Crippen LogP contribution in [0.3, 0.4) is 0 Å². The van der Waals surface area contributed by atoms with E-state index in [-0.39, 0.29) is 18.3 Å². The van der Waals surface area contributed by atoms with Crippen molar-refractivity contribution in [1.82, 2.24) is 9.80 Å². The lowest BCUT2D eigenvalue weighted by Gasteiger charge is -2.34. The van der Waals surface area contributed by atoms with E-state index in [1.54, 1.807) is 65.4 Å². The summed E-state index contributed by atoms with van der Waals surface area (Å²) >= 11 is 0. The van der Waals surface area contributed by atoms with Gasteiger partial charge in [0.1, 0.15) is 11.5 Å². The summed E-state index contributed by atoms with van der Waals surface area (Å²) in [5.41, 5.74) is 1.59. The summed E-state index contributed by atoms with van der Waals surface area (Å²) in [7, 11) is 1.59. The number of urea groups is 1. The van der Waals surface area contributed by atoms with E-state index >= 15 is 0 Å². The van der Waals surface area contributed by atoms with Crippen LogP contribution in [0, 0.1) is 0 Å². The second-order valence-corrected chi connectivity index (χ2v) is 6.72. The zero-order valence-corrected chi connectivity index (χ0v) is 16.0. The molecule has 0 aliphatic carbocycles. The molecule has 0 radical (unpaired) electrons. The van der Waals surface area contributed by atoms with Crippen LogP contribution in [0.25, 0.3) is 0 Å². The van der Waals surface area contributed by atoms with Crippen molar-refractivity contribution in [2.45, 2.75) is 12.6 Å². The lowest BCUT2D eigenvalue weighted by Crippen LogP contribution is -2.48. The number of phenolic OH excluding ortho intramolecular Hbond substituents is 1. The minimum Gasteiger partial charge on any atom is -0.508 e. The molecule has 1 aliphatic rings. The molecule has 1 heterocycles. The third-order valence-corrected chi connectivity index (χ3v) is 4.76. The largest absolute Gasteiger partial charge is 0.508 e. The summed E-state index contributed by atoms with van der Waals surface area (Å²) < 4.78 is 10.5. The molecule has 2 amide bonds. The number of nitrogens with zero attached hydrogens (tertiary/aromatic N) is 2. The predicted octanol–water partition coefficient (Wildman–Crippen LogP) is 2.39. The number of rotatable bonds is 6. The maximum Gasteiger partial charge on any atom is 0.320 e. The number of aliphatic hydroxyl groups excluding tert-OH is 1. The van der Waals surface area contributed by atoms with Crippen LogP contribution in [0.1, 0.15) is 17.2 Å². The van der Waals surface area contributed by atoms with E-state index in [1.807, 2.05) is 0 Å². The zero-order valence-electron chi connectivity index (χ0n) is 16.0. The Balaban J connectivity index is 1.75. The van der Waals surface area contributed by atoms with Crippen LogP contribution in [0.5, 0.6) is 11.5 Å². The van der Waals surface area contributed by atoms with Crippen LogP contribution in [0.15, 0.2) is 48.5 Å². The van der Waals surface area contributed by atoms with E-state index in [0.717, 1.165) is 5.56 Å². The van der Waals surface area contributed by atoms with Gasteiger partial charge in [-0.1, -0.05) is 24.3 Å². The van der Waals surface area contributed by atoms with E-state index in [1.165, 1.54) is 0 Å². The Morgan fingerprint density at radius 2 is 1.79 bits per heavy atom. The number of hydrogen-bond acceptors (Lipinski definition) is 5. The zero-order chi connectivity index (χ0) is 19.9. The first-order valence-corrected chi connectivity index (χ1v) is 9.28. The Morgan fingerprint density at radius 1 is 1.14 bits per heavy atom. The van der Waals surface area contributed by atoms with E-state index in [9.17, 15) is 15.0 Å². The first kappa shape index (κ1) is 20.0. The third-order valence-electron chi connectivity index (χ3n) is 4.76. The van der Waals surface area contributed by atoms with Gasteiger partial charge in [-0.2, -0.15) is 0 Å². The van der Waals surface area contributed by atoms with Gasteiger partial charge in [0.05, 0.1) is 33.0 Å². The molecule has 0 unspecified atom stereocenters. The fourth-order valence-electron chi connectivity index (χ4n) is 3.13. The number of aromatic hydroxyl groups is 1. The van der Waals surface area contributed by atoms with Crippen LogP contribution < -0.4 is 4.74 Å². The number of carbonyl (C=O) groups excluding carboxylic acids is 1. The molecule has 7 nitrogen and oxygen atoms in total. The van der Waals surface area contributed by atoms with Gasteiger partial charge in [-0.05, 0) is 35.4 Å². The van der Waals surface area contributed by atoms with Gasteiger partial charge in [0.25, 0.3) is 0 Å². The SMILES string of the molecule is COc1ccc([C@@H](O)CN(Cc2ccc(O)cc2)C(=O)N2CCOCC2)cc1. The molecule has 28 heavy (non-hydrogen) atoms. The number of carbonyl (C=O) groups is 1. The van der Waals surface area contributed by atoms with E-state index < -0.39 is 6.10 Å². The third kappa shape index (κ3) is 5.15. The molecule has 150 valence electrons. The second-order valence-electron chi connectivity index (χ2n) is 6.72. The van der Waals surface area contributed by atoms with Crippen molar-refractivity contribution >= 4 is 6.03 Å². The van der Waals surface area contributed by atoms with Crippen molar-refractivity contribution in [3.05, 3.63) is 59.7 Å².